The molecule has 0 aromatic heterocycles. The molecular weight excluding hydrogens is 429 g/mol. The van der Waals surface area contributed by atoms with E-state index in [9.17, 15) is 24.8 Å². The third kappa shape index (κ3) is 4.91. The maximum Gasteiger partial charge on any atom is 0.530 e. The number of piperidine rings is 1. The van der Waals surface area contributed by atoms with Crippen LogP contribution in [0.3, 0.4) is 0 Å². The van der Waals surface area contributed by atoms with Crippen LogP contribution in [0.2, 0.25) is 0 Å². The highest BCUT2D eigenvalue weighted by Gasteiger charge is 2.45. The number of nitro benzene ring substituents is 2. The van der Waals surface area contributed by atoms with E-state index >= 15 is 0 Å². The highest BCUT2D eigenvalue weighted by Crippen LogP contribution is 2.56. The predicted octanol–water partition coefficient (Wildman–Crippen LogP) is 3.93. The van der Waals surface area contributed by atoms with Crippen molar-refractivity contribution in [3.8, 4) is 5.75 Å². The first-order chi connectivity index (χ1) is 14.8. The van der Waals surface area contributed by atoms with Crippen molar-refractivity contribution < 1.29 is 28.0 Å². The topological polar surface area (TPSA) is 134 Å². The minimum atomic E-state index is -4.14. The van der Waals surface area contributed by atoms with Gasteiger partial charge in [0.25, 0.3) is 5.69 Å². The van der Waals surface area contributed by atoms with Crippen LogP contribution in [-0.4, -0.2) is 40.5 Å². The van der Waals surface area contributed by atoms with Gasteiger partial charge < -0.3 is 4.52 Å². The number of nitrogens with zero attached hydrogens (tertiary/aromatic N) is 3. The van der Waals surface area contributed by atoms with E-state index in [-0.39, 0.29) is 12.5 Å². The van der Waals surface area contributed by atoms with Gasteiger partial charge in [0, 0.05) is 25.1 Å². The molecule has 0 N–H and O–H groups in total. The Morgan fingerprint density at radius 1 is 1.13 bits per heavy atom. The van der Waals surface area contributed by atoms with Gasteiger partial charge >= 0.3 is 13.5 Å². The molecule has 12 heteroatoms. The monoisotopic (exact) mass is 449 g/mol. The molecule has 2 saturated heterocycles. The number of hydrogen-bond donors (Lipinski definition) is 0. The number of non-ortho nitro benzene ring substituents is 1. The molecule has 2 heterocycles. The van der Waals surface area contributed by atoms with Crippen LogP contribution in [0.25, 0.3) is 0 Å². The van der Waals surface area contributed by atoms with Crippen molar-refractivity contribution in [1.82, 2.24) is 4.90 Å². The smallest absolute Gasteiger partial charge is 0.397 e. The number of nitro groups is 2. The van der Waals surface area contributed by atoms with E-state index in [4.69, 9.17) is 13.6 Å². The number of benzene rings is 2. The zero-order valence-electron chi connectivity index (χ0n) is 16.4. The van der Waals surface area contributed by atoms with E-state index < -0.39 is 40.9 Å². The maximum absolute atomic E-state index is 13.1. The molecular formula is C19H20N3O8P. The van der Waals surface area contributed by atoms with Gasteiger partial charge in [-0.15, -0.1) is 0 Å². The van der Waals surface area contributed by atoms with Crippen LogP contribution >= 0.6 is 7.82 Å². The van der Waals surface area contributed by atoms with Gasteiger partial charge in [-0.25, -0.2) is 4.57 Å². The Bertz CT molecular complexity index is 1030. The maximum atomic E-state index is 13.1. The van der Waals surface area contributed by atoms with E-state index in [0.717, 1.165) is 36.7 Å². The highest BCUT2D eigenvalue weighted by atomic mass is 31.2. The second kappa shape index (κ2) is 8.72. The minimum Gasteiger partial charge on any atom is -0.397 e. The van der Waals surface area contributed by atoms with Gasteiger partial charge in [0.05, 0.1) is 28.6 Å². The van der Waals surface area contributed by atoms with Crippen molar-refractivity contribution in [3.05, 3.63) is 74.3 Å². The van der Waals surface area contributed by atoms with Crippen molar-refractivity contribution in [2.45, 2.75) is 19.1 Å². The fourth-order valence-electron chi connectivity index (χ4n) is 3.72. The number of phosphoric ester groups is 1. The lowest BCUT2D eigenvalue weighted by Crippen LogP contribution is -2.48. The van der Waals surface area contributed by atoms with Crippen molar-refractivity contribution in [2.75, 3.05) is 19.7 Å². The Morgan fingerprint density at radius 3 is 2.61 bits per heavy atom. The van der Waals surface area contributed by atoms with Crippen LogP contribution in [-0.2, 0) is 20.2 Å². The first-order valence-corrected chi connectivity index (χ1v) is 11.1. The standard InChI is InChI=1S/C19H20N3O8P/c23-21(24)16-6-7-18(17(10-16)22(25)26)29-31(27)28-13-15-8-9-20(12-19(15)30-31)11-14-4-2-1-3-5-14/h1-7,10,15,19H,8-9,11-13H2/t15-,19-,31?/m0/s1. The highest BCUT2D eigenvalue weighted by molar-refractivity contribution is 7.49. The van der Waals surface area contributed by atoms with Crippen LogP contribution < -0.4 is 4.52 Å². The van der Waals surface area contributed by atoms with Crippen molar-refractivity contribution in [3.63, 3.8) is 0 Å². The van der Waals surface area contributed by atoms with Gasteiger partial charge in [-0.05, 0) is 24.6 Å². The van der Waals surface area contributed by atoms with Crippen LogP contribution in [0.15, 0.2) is 48.5 Å². The van der Waals surface area contributed by atoms with Gasteiger partial charge in [0.15, 0.2) is 0 Å². The largest absolute Gasteiger partial charge is 0.530 e. The molecule has 0 aliphatic carbocycles. The molecule has 4 rings (SSSR count). The summed E-state index contributed by atoms with van der Waals surface area (Å²) < 4.78 is 29.4. The molecule has 31 heavy (non-hydrogen) atoms. The first-order valence-electron chi connectivity index (χ1n) is 9.65. The number of likely N-dealkylation sites (tertiary alicyclic amines) is 1. The zero-order chi connectivity index (χ0) is 22.0. The average molecular weight is 449 g/mol. The number of fused-ring (bicyclic) bond motifs is 1. The summed E-state index contributed by atoms with van der Waals surface area (Å²) in [4.78, 5) is 22.8. The molecule has 2 aliphatic rings. The molecule has 164 valence electrons. The van der Waals surface area contributed by atoms with Gasteiger partial charge in [0.2, 0.25) is 5.75 Å². The summed E-state index contributed by atoms with van der Waals surface area (Å²) in [6.07, 6.45) is 0.365. The second-order valence-corrected chi connectivity index (χ2v) is 8.96. The molecule has 0 amide bonds. The lowest BCUT2D eigenvalue weighted by molar-refractivity contribution is -0.394. The summed E-state index contributed by atoms with van der Waals surface area (Å²) in [7, 11) is -4.14. The predicted molar refractivity (Wildman–Crippen MR) is 109 cm³/mol. The van der Waals surface area contributed by atoms with Crippen molar-refractivity contribution in [1.29, 1.82) is 0 Å². The average Bonchev–Trinajstić information content (AvgIpc) is 2.74. The van der Waals surface area contributed by atoms with E-state index in [1.165, 1.54) is 0 Å². The molecule has 1 unspecified atom stereocenters. The summed E-state index contributed by atoms with van der Waals surface area (Å²) in [5, 5.41) is 22.2. The van der Waals surface area contributed by atoms with E-state index in [1.54, 1.807) is 0 Å². The summed E-state index contributed by atoms with van der Waals surface area (Å²) in [6, 6.07) is 12.7. The Hall–Kier alpha value is -2.85. The molecule has 0 radical (unpaired) electrons. The third-order valence-electron chi connectivity index (χ3n) is 5.30. The third-order valence-corrected chi connectivity index (χ3v) is 6.72. The molecule has 0 bridgehead atoms. The van der Waals surface area contributed by atoms with Crippen LogP contribution in [0.5, 0.6) is 5.75 Å². The van der Waals surface area contributed by atoms with E-state index in [2.05, 4.69) is 4.90 Å². The molecule has 11 nitrogen and oxygen atoms in total. The second-order valence-electron chi connectivity index (χ2n) is 7.41. The molecule has 0 saturated carbocycles. The molecule has 3 atom stereocenters. The normalized spacial score (nSPS) is 26.1. The minimum absolute atomic E-state index is 0.0320. The molecule has 2 aromatic rings. The first kappa shape index (κ1) is 21.4. The lowest BCUT2D eigenvalue weighted by Gasteiger charge is -2.42. The Labute approximate surface area is 177 Å². The number of phosphoric acid groups is 1. The summed E-state index contributed by atoms with van der Waals surface area (Å²) in [6.45, 7) is 2.20. The van der Waals surface area contributed by atoms with Gasteiger partial charge in [-0.2, -0.15) is 0 Å². The zero-order valence-corrected chi connectivity index (χ0v) is 17.3. The van der Waals surface area contributed by atoms with Crippen molar-refractivity contribution in [2.24, 2.45) is 5.92 Å². The SMILES string of the molecule is O=[N+]([O-])c1ccc(OP2(=O)OC[C@@H]3CCN(Cc4ccccc4)C[C@@H]3O2)c([N+](=O)[O-])c1. The Kier molecular flexibility index (Phi) is 6.01. The molecule has 2 aliphatic heterocycles. The van der Waals surface area contributed by atoms with Crippen LogP contribution in [0.1, 0.15) is 12.0 Å². The van der Waals surface area contributed by atoms with Gasteiger partial charge in [-0.1, -0.05) is 30.3 Å². The molecule has 2 aromatic carbocycles. The lowest BCUT2D eigenvalue weighted by atomic mass is 9.94. The van der Waals surface area contributed by atoms with Crippen LogP contribution in [0, 0.1) is 26.1 Å². The number of hydrogen-bond acceptors (Lipinski definition) is 9. The summed E-state index contributed by atoms with van der Waals surface area (Å²) in [5.74, 6) is -0.376. The van der Waals surface area contributed by atoms with Crippen molar-refractivity contribution >= 4 is 19.2 Å². The molecule has 0 spiro atoms. The van der Waals surface area contributed by atoms with E-state index in [0.29, 0.717) is 13.1 Å². The quantitative estimate of drug-likeness (QED) is 0.365. The Morgan fingerprint density at radius 2 is 1.90 bits per heavy atom. The fourth-order valence-corrected chi connectivity index (χ4v) is 5.21. The number of rotatable bonds is 6. The Balaban J connectivity index is 1.47. The van der Waals surface area contributed by atoms with Gasteiger partial charge in [0.1, 0.15) is 0 Å². The summed E-state index contributed by atoms with van der Waals surface area (Å²) >= 11 is 0. The van der Waals surface area contributed by atoms with E-state index in [1.807, 2.05) is 30.3 Å². The summed E-state index contributed by atoms with van der Waals surface area (Å²) in [5.41, 5.74) is -0.0197. The van der Waals surface area contributed by atoms with Gasteiger partial charge in [-0.3, -0.25) is 34.2 Å². The van der Waals surface area contributed by atoms with Crippen LogP contribution in [0.4, 0.5) is 11.4 Å². The fraction of sp³-hybridized carbons (Fsp3) is 0.368. The molecule has 2 fully saturated rings.